The second kappa shape index (κ2) is 6.92. The Balaban J connectivity index is 3.80. The lowest BCUT2D eigenvalue weighted by Gasteiger charge is -2.21. The van der Waals surface area contributed by atoms with Crippen LogP contribution in [0.4, 0.5) is 0 Å². The highest BCUT2D eigenvalue weighted by Gasteiger charge is 2.37. The Morgan fingerprint density at radius 3 is 2.00 bits per heavy atom. The maximum absolute atomic E-state index is 9.28. The van der Waals surface area contributed by atoms with Crippen LogP contribution in [0.1, 0.15) is 11.1 Å². The van der Waals surface area contributed by atoms with Crippen LogP contribution in [0.3, 0.4) is 0 Å². The van der Waals surface area contributed by atoms with Crippen LogP contribution >= 0.6 is 0 Å². The molecule has 0 saturated heterocycles. The van der Waals surface area contributed by atoms with E-state index in [2.05, 4.69) is 0 Å². The van der Waals surface area contributed by atoms with Crippen LogP contribution in [0, 0.1) is 34.0 Å². The minimum Gasteiger partial charge on any atom is -0.762 e. The molecule has 1 rings (SSSR count). The van der Waals surface area contributed by atoms with Gasteiger partial charge in [-0.3, -0.25) is 0 Å². The summed E-state index contributed by atoms with van der Waals surface area (Å²) in [4.78, 5) is 0. The average Bonchev–Trinajstić information content (AvgIpc) is 2.58. The predicted octanol–water partition coefficient (Wildman–Crippen LogP) is 1.74. The zero-order chi connectivity index (χ0) is 16.8. The average molecular weight is 295 g/mol. The second-order valence-corrected chi connectivity index (χ2v) is 3.96. The van der Waals surface area contributed by atoms with Gasteiger partial charge in [0, 0.05) is 12.7 Å². The van der Waals surface area contributed by atoms with Gasteiger partial charge in [-0.25, -0.2) is 5.87 Å². The van der Waals surface area contributed by atoms with Gasteiger partial charge in [-0.15, -0.1) is 0 Å². The van der Waals surface area contributed by atoms with Crippen LogP contribution in [0.5, 0.6) is 11.5 Å². The van der Waals surface area contributed by atoms with Crippen molar-refractivity contribution in [3.05, 3.63) is 28.7 Å². The number of allylic oxidation sites excluding steroid dienone is 1. The third-order valence-electron chi connectivity index (χ3n) is 3.01. The fraction of sp³-hybridized carbons (Fsp3) is 0.267. The van der Waals surface area contributed by atoms with Gasteiger partial charge in [-0.2, -0.15) is 15.8 Å². The number of nitriles is 3. The minimum atomic E-state index is -1.89. The lowest BCUT2D eigenvalue weighted by Crippen LogP contribution is -2.25. The van der Waals surface area contributed by atoms with E-state index in [-0.39, 0.29) is 28.2 Å². The summed E-state index contributed by atoms with van der Waals surface area (Å²) in [6.07, 6.45) is 0. The van der Waals surface area contributed by atoms with E-state index >= 15 is 0 Å². The first-order valence-corrected chi connectivity index (χ1v) is 5.89. The molecular weight excluding hydrogens is 284 g/mol. The van der Waals surface area contributed by atoms with E-state index in [1.54, 1.807) is 24.1 Å². The van der Waals surface area contributed by atoms with E-state index in [9.17, 15) is 10.5 Å². The number of rotatable bonds is 5. The van der Waals surface area contributed by atoms with Crippen molar-refractivity contribution in [2.24, 2.45) is 0 Å². The molecule has 0 aliphatic rings. The van der Waals surface area contributed by atoms with E-state index < -0.39 is 5.60 Å². The van der Waals surface area contributed by atoms with Gasteiger partial charge in [0.15, 0.2) is 0 Å². The molecule has 1 aromatic rings. The van der Waals surface area contributed by atoms with Crippen molar-refractivity contribution in [1.29, 1.82) is 15.8 Å². The van der Waals surface area contributed by atoms with Gasteiger partial charge in [-0.05, 0) is 12.1 Å². The lowest BCUT2D eigenvalue weighted by molar-refractivity contribution is 0.0833. The molecule has 7 nitrogen and oxygen atoms in total. The Bertz CT molecular complexity index is 745. The molecule has 1 aromatic carbocycles. The first-order chi connectivity index (χ1) is 10.6. The Morgan fingerprint density at radius 1 is 1.05 bits per heavy atom. The molecule has 0 amide bonds. The highest BCUT2D eigenvalue weighted by molar-refractivity contribution is 6.00. The van der Waals surface area contributed by atoms with E-state index in [4.69, 9.17) is 24.9 Å². The number of nitrogens with zero attached hydrogens (tertiary/aromatic N) is 4. The van der Waals surface area contributed by atoms with Gasteiger partial charge >= 0.3 is 0 Å². The van der Waals surface area contributed by atoms with Crippen molar-refractivity contribution >= 4 is 11.4 Å². The molecule has 0 atom stereocenters. The van der Waals surface area contributed by atoms with E-state index in [1.165, 1.54) is 33.5 Å². The highest BCUT2D eigenvalue weighted by atomic mass is 16.5. The highest BCUT2D eigenvalue weighted by Crippen LogP contribution is 2.39. The predicted molar refractivity (Wildman–Crippen MR) is 76.8 cm³/mol. The SMILES string of the molecule is COc1cc(C(C#N)(C#N)OC)c(OC)cc1C(=C=[N-])C#N. The number of ether oxygens (including phenoxy) is 3. The monoisotopic (exact) mass is 295 g/mol. The van der Waals surface area contributed by atoms with Gasteiger partial charge in [0.2, 0.25) is 0 Å². The van der Waals surface area contributed by atoms with E-state index in [0.717, 1.165) is 0 Å². The summed E-state index contributed by atoms with van der Waals surface area (Å²) in [6, 6.07) is 8.01. The lowest BCUT2D eigenvalue weighted by atomic mass is 9.92. The molecule has 0 aliphatic heterocycles. The summed E-state index contributed by atoms with van der Waals surface area (Å²) in [5.74, 6) is 2.03. The smallest absolute Gasteiger partial charge is 0.270 e. The second-order valence-electron chi connectivity index (χ2n) is 3.96. The van der Waals surface area contributed by atoms with Crippen LogP contribution in [-0.4, -0.2) is 27.2 Å². The zero-order valence-electron chi connectivity index (χ0n) is 12.2. The first kappa shape index (κ1) is 16.8. The van der Waals surface area contributed by atoms with Crippen molar-refractivity contribution in [3.63, 3.8) is 0 Å². The Morgan fingerprint density at radius 2 is 1.64 bits per heavy atom. The normalized spacial score (nSPS) is 9.64. The molecule has 0 saturated carbocycles. The summed E-state index contributed by atoms with van der Waals surface area (Å²) in [5.41, 5.74) is -1.75. The zero-order valence-corrected chi connectivity index (χ0v) is 12.2. The van der Waals surface area contributed by atoms with Crippen molar-refractivity contribution in [1.82, 2.24) is 0 Å². The van der Waals surface area contributed by atoms with E-state index in [1.807, 2.05) is 0 Å². The van der Waals surface area contributed by atoms with Gasteiger partial charge < -0.3 is 19.6 Å². The van der Waals surface area contributed by atoms with Crippen molar-refractivity contribution in [2.45, 2.75) is 5.60 Å². The molecule has 0 aliphatic carbocycles. The Labute approximate surface area is 127 Å². The van der Waals surface area contributed by atoms with Crippen LogP contribution in [0.15, 0.2) is 12.1 Å². The summed E-state index contributed by atoms with van der Waals surface area (Å²) < 4.78 is 15.3. The van der Waals surface area contributed by atoms with Crippen LogP contribution in [0.25, 0.3) is 11.0 Å². The molecular formula is C15H11N4O3-. The van der Waals surface area contributed by atoms with Gasteiger partial charge in [0.25, 0.3) is 5.60 Å². The summed E-state index contributed by atoms with van der Waals surface area (Å²) >= 11 is 0. The molecule has 0 N–H and O–H groups in total. The largest absolute Gasteiger partial charge is 0.762 e. The first-order valence-electron chi connectivity index (χ1n) is 5.89. The molecule has 0 aromatic heterocycles. The fourth-order valence-corrected chi connectivity index (χ4v) is 1.86. The van der Waals surface area contributed by atoms with Gasteiger partial charge in [-0.1, -0.05) is 0 Å². The molecule has 0 heterocycles. The Kier molecular flexibility index (Phi) is 5.27. The molecule has 0 radical (unpaired) electrons. The standard InChI is InChI=1S/C15H11N4O3/c1-20-13-5-12(15(8-18,9-19)22-3)14(21-2)4-11(13)10(6-16)7-17/h4-5H,1-3H3/q-1. The molecule has 0 spiro atoms. The summed E-state index contributed by atoms with van der Waals surface area (Å²) in [7, 11) is 3.89. The van der Waals surface area contributed by atoms with Crippen molar-refractivity contribution in [2.75, 3.05) is 21.3 Å². The topological polar surface area (TPSA) is 121 Å². The third-order valence-corrected chi connectivity index (χ3v) is 3.01. The minimum absolute atomic E-state index is 0.123. The molecule has 7 heteroatoms. The molecule has 0 fully saturated rings. The van der Waals surface area contributed by atoms with Gasteiger partial charge in [0.05, 0.1) is 25.4 Å². The quantitative estimate of drug-likeness (QED) is 0.602. The van der Waals surface area contributed by atoms with Gasteiger partial charge in [0.1, 0.15) is 29.7 Å². The van der Waals surface area contributed by atoms with Crippen LogP contribution in [-0.2, 0) is 10.3 Å². The Hall–Kier alpha value is -3.30. The van der Waals surface area contributed by atoms with Crippen molar-refractivity contribution < 1.29 is 14.2 Å². The fourth-order valence-electron chi connectivity index (χ4n) is 1.86. The number of hydrogen-bond donors (Lipinski definition) is 0. The molecule has 110 valence electrons. The molecule has 22 heavy (non-hydrogen) atoms. The molecule has 0 unspecified atom stereocenters. The molecule has 0 bridgehead atoms. The number of methoxy groups -OCH3 is 3. The maximum Gasteiger partial charge on any atom is 0.270 e. The third kappa shape index (κ3) is 2.61. The maximum atomic E-state index is 9.28. The van der Waals surface area contributed by atoms with Crippen LogP contribution in [0.2, 0.25) is 0 Å². The number of hydrogen-bond acceptors (Lipinski definition) is 6. The van der Waals surface area contributed by atoms with E-state index in [0.29, 0.717) is 0 Å². The van der Waals surface area contributed by atoms with Crippen LogP contribution < -0.4 is 9.47 Å². The summed E-state index contributed by atoms with van der Waals surface area (Å²) in [6.45, 7) is 0. The number of benzene rings is 1. The van der Waals surface area contributed by atoms with Crippen molar-refractivity contribution in [3.8, 4) is 29.7 Å². The summed E-state index contributed by atoms with van der Waals surface area (Å²) in [5, 5.41) is 36.6.